The number of allylic oxidation sites excluding steroid dienone is 2. The molecule has 2 aromatic carbocycles. The van der Waals surface area contributed by atoms with Crippen molar-refractivity contribution in [3.63, 3.8) is 0 Å². The van der Waals surface area contributed by atoms with Crippen LogP contribution in [0.15, 0.2) is 60.7 Å². The highest BCUT2D eigenvalue weighted by Gasteiger charge is 2.67. The van der Waals surface area contributed by atoms with E-state index < -0.39 is 12.6 Å². The SMILES string of the molecule is O=C(COC(=O)c1ccccc1N1C(=O)[C@@H]2[C@H]3C=C[C@@H]([C@@H]4C[C@@H]34)[C@H]2C1=O)c1ccc(Cl)cc1. The van der Waals surface area contributed by atoms with Crippen LogP contribution in [-0.2, 0) is 14.3 Å². The molecule has 33 heavy (non-hydrogen) atoms. The lowest BCUT2D eigenvalue weighted by Gasteiger charge is -2.37. The predicted octanol–water partition coefficient (Wildman–Crippen LogP) is 3.94. The minimum atomic E-state index is -0.757. The summed E-state index contributed by atoms with van der Waals surface area (Å²) in [6, 6.07) is 12.7. The number of halogens is 1. The molecule has 1 aliphatic heterocycles. The van der Waals surface area contributed by atoms with Gasteiger partial charge in [0.05, 0.1) is 23.1 Å². The summed E-state index contributed by atoms with van der Waals surface area (Å²) < 4.78 is 5.26. The molecule has 0 aromatic heterocycles. The van der Waals surface area contributed by atoms with Crippen molar-refractivity contribution in [3.05, 3.63) is 76.8 Å². The number of carbonyl (C=O) groups excluding carboxylic acids is 4. The number of nitrogens with zero attached hydrogens (tertiary/aromatic N) is 1. The largest absolute Gasteiger partial charge is 0.454 e. The summed E-state index contributed by atoms with van der Waals surface area (Å²) in [5.41, 5.74) is 0.683. The monoisotopic (exact) mass is 461 g/mol. The number of rotatable bonds is 5. The van der Waals surface area contributed by atoms with E-state index in [1.807, 2.05) is 0 Å². The zero-order valence-corrected chi connectivity index (χ0v) is 18.3. The Bertz CT molecular complexity index is 1200. The van der Waals surface area contributed by atoms with E-state index in [0.717, 1.165) is 6.42 Å². The van der Waals surface area contributed by atoms with Gasteiger partial charge in [-0.05, 0) is 66.5 Å². The van der Waals surface area contributed by atoms with Crippen molar-refractivity contribution in [2.24, 2.45) is 35.5 Å². The fourth-order valence-corrected chi connectivity index (χ4v) is 6.09. The molecule has 0 unspecified atom stereocenters. The third-order valence-electron chi connectivity index (χ3n) is 7.53. The molecule has 6 atom stereocenters. The third kappa shape index (κ3) is 3.08. The van der Waals surface area contributed by atoms with Gasteiger partial charge in [-0.3, -0.25) is 14.4 Å². The van der Waals surface area contributed by atoms with Crippen molar-refractivity contribution in [2.75, 3.05) is 11.5 Å². The molecule has 2 bridgehead atoms. The summed E-state index contributed by atoms with van der Waals surface area (Å²) in [5, 5.41) is 0.499. The molecule has 0 radical (unpaired) electrons. The van der Waals surface area contributed by atoms with E-state index in [0.29, 0.717) is 22.4 Å². The van der Waals surface area contributed by atoms with Crippen molar-refractivity contribution in [1.29, 1.82) is 0 Å². The summed E-state index contributed by atoms with van der Waals surface area (Å²) in [6.45, 7) is -0.459. The van der Waals surface area contributed by atoms with Gasteiger partial charge in [-0.15, -0.1) is 0 Å². The Morgan fingerprint density at radius 3 is 2.15 bits per heavy atom. The Hall–Kier alpha value is -3.25. The number of benzene rings is 2. The van der Waals surface area contributed by atoms with Crippen molar-refractivity contribution in [1.82, 2.24) is 0 Å². The molecular formula is C26H20ClNO5. The number of ether oxygens (including phenoxy) is 1. The number of ketones is 1. The molecule has 1 heterocycles. The van der Waals surface area contributed by atoms with E-state index in [1.165, 1.54) is 11.0 Å². The first-order valence-electron chi connectivity index (χ1n) is 11.1. The highest BCUT2D eigenvalue weighted by atomic mass is 35.5. The molecule has 4 aliphatic carbocycles. The molecule has 3 fully saturated rings. The third-order valence-corrected chi connectivity index (χ3v) is 7.78. The minimum absolute atomic E-state index is 0.0900. The van der Waals surface area contributed by atoms with Crippen LogP contribution in [0.2, 0.25) is 5.02 Å². The number of esters is 1. The van der Waals surface area contributed by atoms with Gasteiger partial charge in [-0.25, -0.2) is 9.69 Å². The molecule has 0 spiro atoms. The van der Waals surface area contributed by atoms with Gasteiger partial charge in [0, 0.05) is 10.6 Å². The van der Waals surface area contributed by atoms with Gasteiger partial charge in [0.2, 0.25) is 11.8 Å². The van der Waals surface area contributed by atoms with E-state index in [4.69, 9.17) is 16.3 Å². The van der Waals surface area contributed by atoms with E-state index in [-0.39, 0.29) is 52.5 Å². The van der Waals surface area contributed by atoms with Gasteiger partial charge in [0.1, 0.15) is 0 Å². The van der Waals surface area contributed by atoms with Gasteiger partial charge < -0.3 is 4.74 Å². The van der Waals surface area contributed by atoms with Crippen LogP contribution in [0.3, 0.4) is 0 Å². The summed E-state index contributed by atoms with van der Waals surface area (Å²) in [6.07, 6.45) is 5.30. The average molecular weight is 462 g/mol. The van der Waals surface area contributed by atoms with Crippen molar-refractivity contribution >= 4 is 40.9 Å². The zero-order chi connectivity index (χ0) is 22.9. The maximum Gasteiger partial charge on any atom is 0.340 e. The molecule has 7 rings (SSSR count). The molecule has 1 saturated heterocycles. The number of hydrogen-bond acceptors (Lipinski definition) is 5. The van der Waals surface area contributed by atoms with Crippen LogP contribution in [0, 0.1) is 35.5 Å². The lowest BCUT2D eigenvalue weighted by molar-refractivity contribution is -0.124. The minimum Gasteiger partial charge on any atom is -0.454 e. The Morgan fingerprint density at radius 1 is 0.909 bits per heavy atom. The van der Waals surface area contributed by atoms with Crippen LogP contribution in [0.4, 0.5) is 5.69 Å². The molecular weight excluding hydrogens is 442 g/mol. The molecule has 5 aliphatic rings. The maximum absolute atomic E-state index is 13.4. The quantitative estimate of drug-likeness (QED) is 0.291. The zero-order valence-electron chi connectivity index (χ0n) is 17.5. The number of carbonyl (C=O) groups is 4. The number of para-hydroxylation sites is 1. The van der Waals surface area contributed by atoms with Crippen LogP contribution in [0.1, 0.15) is 27.1 Å². The normalized spacial score (nSPS) is 30.8. The van der Waals surface area contributed by atoms with Gasteiger partial charge in [0.15, 0.2) is 12.4 Å². The summed E-state index contributed by atoms with van der Waals surface area (Å²) in [5.74, 6) is -1.14. The van der Waals surface area contributed by atoms with E-state index in [2.05, 4.69) is 12.2 Å². The second kappa shape index (κ2) is 7.39. The summed E-state index contributed by atoms with van der Waals surface area (Å²) in [7, 11) is 0. The fraction of sp³-hybridized carbons (Fsp3) is 0.308. The maximum atomic E-state index is 13.4. The first-order chi connectivity index (χ1) is 16.0. The van der Waals surface area contributed by atoms with Crippen LogP contribution < -0.4 is 4.90 Å². The first kappa shape index (κ1) is 20.4. The van der Waals surface area contributed by atoms with Crippen LogP contribution in [-0.4, -0.2) is 30.2 Å². The lowest BCUT2D eigenvalue weighted by atomic mass is 9.63. The predicted molar refractivity (Wildman–Crippen MR) is 120 cm³/mol. The Kier molecular flexibility index (Phi) is 4.56. The number of amides is 2. The lowest BCUT2D eigenvalue weighted by Crippen LogP contribution is -2.40. The van der Waals surface area contributed by atoms with E-state index >= 15 is 0 Å². The van der Waals surface area contributed by atoms with Gasteiger partial charge in [-0.2, -0.15) is 0 Å². The highest BCUT2D eigenvalue weighted by Crippen LogP contribution is 2.65. The number of imide groups is 1. The average Bonchev–Trinajstić information content (AvgIpc) is 3.61. The first-order valence-corrected chi connectivity index (χ1v) is 11.4. The van der Waals surface area contributed by atoms with Crippen molar-refractivity contribution in [2.45, 2.75) is 6.42 Å². The van der Waals surface area contributed by atoms with Gasteiger partial charge in [0.25, 0.3) is 0 Å². The molecule has 6 nitrogen and oxygen atoms in total. The Labute approximate surface area is 195 Å². The number of hydrogen-bond donors (Lipinski definition) is 0. The van der Waals surface area contributed by atoms with Gasteiger partial charge >= 0.3 is 5.97 Å². The van der Waals surface area contributed by atoms with Crippen molar-refractivity contribution < 1.29 is 23.9 Å². The second-order valence-electron chi connectivity index (χ2n) is 9.19. The number of Topliss-reactive ketones (excluding diaryl/α,β-unsaturated/α-hetero) is 1. The van der Waals surface area contributed by atoms with Gasteiger partial charge in [-0.1, -0.05) is 35.9 Å². The molecule has 2 saturated carbocycles. The smallest absolute Gasteiger partial charge is 0.340 e. The van der Waals surface area contributed by atoms with E-state index in [9.17, 15) is 19.2 Å². The highest BCUT2D eigenvalue weighted by molar-refractivity contribution is 6.30. The fourth-order valence-electron chi connectivity index (χ4n) is 5.96. The number of anilines is 1. The summed E-state index contributed by atoms with van der Waals surface area (Å²) >= 11 is 5.84. The molecule has 7 heteroatoms. The Morgan fingerprint density at radius 2 is 1.52 bits per heavy atom. The standard InChI is InChI=1S/C26H20ClNO5/c27-14-7-5-13(6-8-14)21(29)12-33-26(32)17-3-1-2-4-20(17)28-24(30)22-15-9-10-16(19-11-18(15)19)23(22)25(28)31/h1-10,15-16,18-19,22-23H,11-12H2/t15-,16-,18-,19-,22+,23+/m0/s1. The summed E-state index contributed by atoms with van der Waals surface area (Å²) in [4.78, 5) is 53.3. The van der Waals surface area contributed by atoms with Crippen LogP contribution in [0.5, 0.6) is 0 Å². The molecule has 2 aromatic rings. The molecule has 166 valence electrons. The van der Waals surface area contributed by atoms with Crippen molar-refractivity contribution in [3.8, 4) is 0 Å². The Balaban J connectivity index is 1.24. The topological polar surface area (TPSA) is 80.8 Å². The van der Waals surface area contributed by atoms with Crippen LogP contribution in [0.25, 0.3) is 0 Å². The van der Waals surface area contributed by atoms with E-state index in [1.54, 1.807) is 42.5 Å². The molecule has 0 N–H and O–H groups in total. The second-order valence-corrected chi connectivity index (χ2v) is 9.63. The molecule has 2 amide bonds. The van der Waals surface area contributed by atoms with Crippen LogP contribution >= 0.6 is 11.6 Å².